The summed E-state index contributed by atoms with van der Waals surface area (Å²) >= 11 is 0. The number of carbonyl (C=O) groups is 1. The average molecular weight is 272 g/mol. The van der Waals surface area contributed by atoms with Gasteiger partial charge in [0.15, 0.2) is 0 Å². The summed E-state index contributed by atoms with van der Waals surface area (Å²) in [5, 5.41) is 0. The lowest BCUT2D eigenvalue weighted by Crippen LogP contribution is -2.04. The largest absolute Gasteiger partial charge is 0.435 e. The predicted molar refractivity (Wildman–Crippen MR) is 83.2 cm³/mol. The van der Waals surface area contributed by atoms with Gasteiger partial charge in [-0.15, -0.1) is 0 Å². The van der Waals surface area contributed by atoms with Gasteiger partial charge in [-0.1, -0.05) is 63.3 Å². The molecule has 0 atom stereocenters. The normalized spacial score (nSPS) is 12.2. The van der Waals surface area contributed by atoms with E-state index in [0.717, 1.165) is 18.4 Å². The fourth-order valence-corrected chi connectivity index (χ4v) is 1.57. The van der Waals surface area contributed by atoms with Crippen molar-refractivity contribution < 1.29 is 9.53 Å². The molecule has 1 aromatic rings. The van der Waals surface area contributed by atoms with Gasteiger partial charge in [0, 0.05) is 0 Å². The Bertz CT molecular complexity index is 456. The highest BCUT2D eigenvalue weighted by molar-refractivity contribution is 5.73. The van der Waals surface area contributed by atoms with Crippen LogP contribution in [-0.2, 0) is 16.0 Å². The van der Waals surface area contributed by atoms with Crippen molar-refractivity contribution in [2.24, 2.45) is 5.41 Å². The van der Waals surface area contributed by atoms with Crippen LogP contribution in [0.15, 0.2) is 54.8 Å². The number of carbonyl (C=O) groups excluding carboxylic acids is 1. The van der Waals surface area contributed by atoms with Crippen molar-refractivity contribution in [2.45, 2.75) is 40.0 Å². The zero-order valence-corrected chi connectivity index (χ0v) is 12.6. The second kappa shape index (κ2) is 8.36. The fraction of sp³-hybridized carbons (Fsp3) is 0.389. The van der Waals surface area contributed by atoms with E-state index in [-0.39, 0.29) is 11.4 Å². The van der Waals surface area contributed by atoms with Crippen LogP contribution in [0, 0.1) is 5.41 Å². The van der Waals surface area contributed by atoms with Crippen molar-refractivity contribution in [1.82, 2.24) is 0 Å². The van der Waals surface area contributed by atoms with E-state index in [2.05, 4.69) is 32.9 Å². The number of benzene rings is 1. The van der Waals surface area contributed by atoms with Crippen molar-refractivity contribution in [3.05, 3.63) is 60.4 Å². The van der Waals surface area contributed by atoms with E-state index in [1.807, 2.05) is 36.4 Å². The zero-order chi connectivity index (χ0) is 14.8. The maximum absolute atomic E-state index is 11.6. The van der Waals surface area contributed by atoms with Crippen molar-refractivity contribution in [3.8, 4) is 0 Å². The van der Waals surface area contributed by atoms with Crippen LogP contribution in [0.1, 0.15) is 39.2 Å². The predicted octanol–water partition coefficient (Wildman–Crippen LogP) is 4.67. The second-order valence-electron chi connectivity index (χ2n) is 5.50. The average Bonchev–Trinajstić information content (AvgIpc) is 2.44. The first-order chi connectivity index (χ1) is 9.53. The van der Waals surface area contributed by atoms with Crippen molar-refractivity contribution in [1.29, 1.82) is 0 Å². The van der Waals surface area contributed by atoms with E-state index >= 15 is 0 Å². The summed E-state index contributed by atoms with van der Waals surface area (Å²) in [5.74, 6) is -0.231. The van der Waals surface area contributed by atoms with Gasteiger partial charge in [0.05, 0.1) is 12.7 Å². The quantitative estimate of drug-likeness (QED) is 0.409. The van der Waals surface area contributed by atoms with Crippen LogP contribution < -0.4 is 0 Å². The van der Waals surface area contributed by atoms with Gasteiger partial charge >= 0.3 is 5.97 Å². The second-order valence-corrected chi connectivity index (χ2v) is 5.50. The summed E-state index contributed by atoms with van der Waals surface area (Å²) in [6, 6.07) is 9.59. The SMILES string of the molecule is CCC(C)(C)/C=C/C/C=C/OC(=O)Cc1ccccc1. The van der Waals surface area contributed by atoms with E-state index in [4.69, 9.17) is 4.74 Å². The van der Waals surface area contributed by atoms with E-state index < -0.39 is 0 Å². The molecule has 0 amide bonds. The van der Waals surface area contributed by atoms with Crippen LogP contribution in [0.2, 0.25) is 0 Å². The lowest BCUT2D eigenvalue weighted by Gasteiger charge is -2.16. The summed E-state index contributed by atoms with van der Waals surface area (Å²) in [7, 11) is 0. The Hall–Kier alpha value is -1.83. The Labute approximate surface area is 122 Å². The molecule has 0 aliphatic rings. The van der Waals surface area contributed by atoms with Crippen molar-refractivity contribution >= 4 is 5.97 Å². The topological polar surface area (TPSA) is 26.3 Å². The lowest BCUT2D eigenvalue weighted by molar-refractivity contribution is -0.137. The molecule has 0 saturated heterocycles. The summed E-state index contributed by atoms with van der Waals surface area (Å²) < 4.78 is 5.05. The maximum Gasteiger partial charge on any atom is 0.315 e. The Morgan fingerprint density at radius 2 is 1.90 bits per heavy atom. The molecule has 0 saturated carbocycles. The Morgan fingerprint density at radius 1 is 1.20 bits per heavy atom. The summed E-state index contributed by atoms with van der Waals surface area (Å²) in [6.07, 6.45) is 9.83. The van der Waals surface area contributed by atoms with Crippen LogP contribution in [-0.4, -0.2) is 5.97 Å². The van der Waals surface area contributed by atoms with E-state index in [9.17, 15) is 4.79 Å². The van der Waals surface area contributed by atoms with Gasteiger partial charge in [-0.3, -0.25) is 4.79 Å². The Balaban J connectivity index is 2.26. The van der Waals surface area contributed by atoms with E-state index in [1.165, 1.54) is 6.26 Å². The van der Waals surface area contributed by atoms with E-state index in [0.29, 0.717) is 6.42 Å². The van der Waals surface area contributed by atoms with Gasteiger partial charge in [-0.2, -0.15) is 0 Å². The summed E-state index contributed by atoms with van der Waals surface area (Å²) in [6.45, 7) is 6.58. The minimum absolute atomic E-state index is 0.231. The van der Waals surface area contributed by atoms with Crippen LogP contribution >= 0.6 is 0 Å². The third kappa shape index (κ3) is 6.93. The Morgan fingerprint density at radius 3 is 2.55 bits per heavy atom. The fourth-order valence-electron chi connectivity index (χ4n) is 1.57. The maximum atomic E-state index is 11.6. The standard InChI is InChI=1S/C18H24O2/c1-4-18(2,3)13-9-6-10-14-20-17(19)15-16-11-7-5-8-12-16/h5,7-14H,4,6,15H2,1-3H3/b13-9+,14-10+. The summed E-state index contributed by atoms with van der Waals surface area (Å²) in [5.41, 5.74) is 1.20. The molecule has 0 heterocycles. The Kier molecular flexibility index (Phi) is 6.78. The first-order valence-electron chi connectivity index (χ1n) is 7.09. The molecule has 0 aromatic heterocycles. The number of ether oxygens (including phenoxy) is 1. The lowest BCUT2D eigenvalue weighted by atomic mass is 9.90. The number of hydrogen-bond acceptors (Lipinski definition) is 2. The van der Waals surface area contributed by atoms with Crippen LogP contribution in [0.25, 0.3) is 0 Å². The first kappa shape index (κ1) is 16.2. The third-order valence-corrected chi connectivity index (χ3v) is 3.24. The van der Waals surface area contributed by atoms with Crippen LogP contribution in [0.5, 0.6) is 0 Å². The molecule has 0 aliphatic carbocycles. The van der Waals surface area contributed by atoms with Gasteiger partial charge in [-0.25, -0.2) is 0 Å². The molecule has 108 valence electrons. The zero-order valence-electron chi connectivity index (χ0n) is 12.6. The highest BCUT2D eigenvalue weighted by atomic mass is 16.5. The number of allylic oxidation sites excluding steroid dienone is 3. The van der Waals surface area contributed by atoms with Crippen LogP contribution in [0.3, 0.4) is 0 Å². The van der Waals surface area contributed by atoms with E-state index in [1.54, 1.807) is 0 Å². The molecular weight excluding hydrogens is 248 g/mol. The van der Waals surface area contributed by atoms with Crippen molar-refractivity contribution in [3.63, 3.8) is 0 Å². The van der Waals surface area contributed by atoms with Gasteiger partial charge in [-0.05, 0) is 29.9 Å². The molecule has 0 bridgehead atoms. The molecule has 0 spiro atoms. The van der Waals surface area contributed by atoms with Crippen LogP contribution in [0.4, 0.5) is 0 Å². The molecule has 1 aromatic carbocycles. The van der Waals surface area contributed by atoms with Crippen molar-refractivity contribution in [2.75, 3.05) is 0 Å². The smallest absolute Gasteiger partial charge is 0.315 e. The molecule has 0 N–H and O–H groups in total. The molecule has 1 rings (SSSR count). The number of hydrogen-bond donors (Lipinski definition) is 0. The minimum Gasteiger partial charge on any atom is -0.435 e. The number of rotatable bonds is 7. The highest BCUT2D eigenvalue weighted by Crippen LogP contribution is 2.21. The molecule has 20 heavy (non-hydrogen) atoms. The molecule has 0 unspecified atom stereocenters. The molecule has 2 nitrogen and oxygen atoms in total. The third-order valence-electron chi connectivity index (χ3n) is 3.24. The van der Waals surface area contributed by atoms with Gasteiger partial charge < -0.3 is 4.74 Å². The molecule has 2 heteroatoms. The molecular formula is C18H24O2. The van der Waals surface area contributed by atoms with Gasteiger partial charge in [0.1, 0.15) is 0 Å². The summed E-state index contributed by atoms with van der Waals surface area (Å²) in [4.78, 5) is 11.6. The van der Waals surface area contributed by atoms with Gasteiger partial charge in [0.25, 0.3) is 0 Å². The molecule has 0 radical (unpaired) electrons. The number of esters is 1. The van der Waals surface area contributed by atoms with Gasteiger partial charge in [0.2, 0.25) is 0 Å². The first-order valence-corrected chi connectivity index (χ1v) is 7.09. The minimum atomic E-state index is -0.231. The molecule has 0 fully saturated rings. The monoisotopic (exact) mass is 272 g/mol. The highest BCUT2D eigenvalue weighted by Gasteiger charge is 2.08. The molecule has 0 aliphatic heterocycles.